The summed E-state index contributed by atoms with van der Waals surface area (Å²) in [6, 6.07) is 13.9. The van der Waals surface area contributed by atoms with Gasteiger partial charge in [-0.3, -0.25) is 0 Å². The van der Waals surface area contributed by atoms with Crippen LogP contribution in [0.3, 0.4) is 0 Å². The Hall–Kier alpha value is -1.90. The fourth-order valence-corrected chi connectivity index (χ4v) is 1.97. The van der Waals surface area contributed by atoms with Gasteiger partial charge in [-0.05, 0) is 37.5 Å². The van der Waals surface area contributed by atoms with Crippen LogP contribution < -0.4 is 5.32 Å². The quantitative estimate of drug-likeness (QED) is 0.841. The molecule has 2 rings (SSSR count). The molecule has 0 saturated heterocycles. The topological polar surface area (TPSA) is 12.0 Å². The molecular formula is C16H17F2N. The van der Waals surface area contributed by atoms with Gasteiger partial charge in [0.2, 0.25) is 0 Å². The molecule has 0 amide bonds. The largest absolute Gasteiger partial charge is 0.380 e. The zero-order valence-corrected chi connectivity index (χ0v) is 10.9. The zero-order valence-electron chi connectivity index (χ0n) is 10.9. The summed E-state index contributed by atoms with van der Waals surface area (Å²) in [5.74, 6) is -1.11. The van der Waals surface area contributed by atoms with Crippen molar-refractivity contribution in [3.63, 3.8) is 0 Å². The van der Waals surface area contributed by atoms with Gasteiger partial charge >= 0.3 is 0 Å². The van der Waals surface area contributed by atoms with Crippen LogP contribution in [-0.4, -0.2) is 6.04 Å². The third-order valence-electron chi connectivity index (χ3n) is 3.04. The number of nitrogens with one attached hydrogen (secondary N) is 1. The predicted octanol–water partition coefficient (Wildman–Crippen LogP) is 4.40. The number of anilines is 1. The van der Waals surface area contributed by atoms with E-state index in [1.807, 2.05) is 25.1 Å². The summed E-state index contributed by atoms with van der Waals surface area (Å²) in [6.45, 7) is 1.99. The molecule has 2 aromatic carbocycles. The highest BCUT2D eigenvalue weighted by Crippen LogP contribution is 2.17. The molecule has 0 bridgehead atoms. The number of rotatable bonds is 5. The molecule has 1 N–H and O–H groups in total. The van der Waals surface area contributed by atoms with E-state index in [2.05, 4.69) is 17.4 Å². The van der Waals surface area contributed by atoms with E-state index in [0.717, 1.165) is 18.9 Å². The van der Waals surface area contributed by atoms with E-state index in [4.69, 9.17) is 0 Å². The molecule has 0 radical (unpaired) electrons. The SMILES string of the molecule is CC(CCc1ccccc1)Nc1ccc(F)cc1F. The average molecular weight is 261 g/mol. The highest BCUT2D eigenvalue weighted by atomic mass is 19.1. The van der Waals surface area contributed by atoms with Gasteiger partial charge < -0.3 is 5.32 Å². The van der Waals surface area contributed by atoms with E-state index in [1.165, 1.54) is 17.7 Å². The van der Waals surface area contributed by atoms with Crippen LogP contribution >= 0.6 is 0 Å². The van der Waals surface area contributed by atoms with Gasteiger partial charge in [0.25, 0.3) is 0 Å². The summed E-state index contributed by atoms with van der Waals surface area (Å²) in [4.78, 5) is 0. The van der Waals surface area contributed by atoms with E-state index >= 15 is 0 Å². The van der Waals surface area contributed by atoms with Crippen molar-refractivity contribution in [3.8, 4) is 0 Å². The van der Waals surface area contributed by atoms with E-state index in [9.17, 15) is 8.78 Å². The Labute approximate surface area is 112 Å². The molecule has 100 valence electrons. The van der Waals surface area contributed by atoms with Crippen LogP contribution in [0, 0.1) is 11.6 Å². The molecule has 0 aliphatic heterocycles. The summed E-state index contributed by atoms with van der Waals surface area (Å²) in [7, 11) is 0. The van der Waals surface area contributed by atoms with Crippen molar-refractivity contribution in [2.24, 2.45) is 0 Å². The van der Waals surface area contributed by atoms with Crippen molar-refractivity contribution in [2.75, 3.05) is 5.32 Å². The maximum absolute atomic E-state index is 13.5. The maximum Gasteiger partial charge on any atom is 0.149 e. The standard InChI is InChI=1S/C16H17F2N/c1-12(7-8-13-5-3-2-4-6-13)19-16-10-9-14(17)11-15(16)18/h2-6,9-12,19H,7-8H2,1H3. The number of benzene rings is 2. The Bertz CT molecular complexity index is 526. The van der Waals surface area contributed by atoms with E-state index in [0.29, 0.717) is 5.69 Å². The molecule has 19 heavy (non-hydrogen) atoms. The molecule has 1 unspecified atom stereocenters. The highest BCUT2D eigenvalue weighted by molar-refractivity contribution is 5.45. The zero-order chi connectivity index (χ0) is 13.7. The molecule has 1 nitrogen and oxygen atoms in total. The molecule has 3 heteroatoms. The second-order valence-electron chi connectivity index (χ2n) is 4.69. The molecular weight excluding hydrogens is 244 g/mol. The lowest BCUT2D eigenvalue weighted by Crippen LogP contribution is -2.17. The van der Waals surface area contributed by atoms with Gasteiger partial charge in [0.1, 0.15) is 11.6 Å². The van der Waals surface area contributed by atoms with Crippen LogP contribution in [0.1, 0.15) is 18.9 Å². The van der Waals surface area contributed by atoms with Gasteiger partial charge in [-0.2, -0.15) is 0 Å². The molecule has 0 saturated carbocycles. The van der Waals surface area contributed by atoms with Crippen LogP contribution in [0.2, 0.25) is 0 Å². The van der Waals surface area contributed by atoms with Crippen molar-refractivity contribution in [1.82, 2.24) is 0 Å². The smallest absolute Gasteiger partial charge is 0.149 e. The summed E-state index contributed by atoms with van der Waals surface area (Å²) in [5, 5.41) is 3.07. The highest BCUT2D eigenvalue weighted by Gasteiger charge is 2.07. The van der Waals surface area contributed by atoms with Crippen LogP contribution in [0.4, 0.5) is 14.5 Å². The maximum atomic E-state index is 13.5. The van der Waals surface area contributed by atoms with Crippen LogP contribution in [-0.2, 0) is 6.42 Å². The van der Waals surface area contributed by atoms with Gasteiger partial charge in [-0.15, -0.1) is 0 Å². The van der Waals surface area contributed by atoms with Crippen LogP contribution in [0.15, 0.2) is 48.5 Å². The van der Waals surface area contributed by atoms with Crippen LogP contribution in [0.25, 0.3) is 0 Å². The van der Waals surface area contributed by atoms with Gasteiger partial charge in [0.15, 0.2) is 0 Å². The van der Waals surface area contributed by atoms with E-state index in [1.54, 1.807) is 0 Å². The summed E-state index contributed by atoms with van der Waals surface area (Å²) >= 11 is 0. The number of halogens is 2. The fourth-order valence-electron chi connectivity index (χ4n) is 1.97. The lowest BCUT2D eigenvalue weighted by atomic mass is 10.1. The Morgan fingerprint density at radius 1 is 1.05 bits per heavy atom. The van der Waals surface area contributed by atoms with E-state index in [-0.39, 0.29) is 6.04 Å². The minimum atomic E-state index is -0.556. The van der Waals surface area contributed by atoms with E-state index < -0.39 is 11.6 Å². The van der Waals surface area contributed by atoms with Gasteiger partial charge in [0, 0.05) is 12.1 Å². The minimum Gasteiger partial charge on any atom is -0.380 e. The minimum absolute atomic E-state index is 0.125. The molecule has 2 aromatic rings. The summed E-state index contributed by atoms with van der Waals surface area (Å²) in [5.41, 5.74) is 1.61. The van der Waals surface area contributed by atoms with Crippen molar-refractivity contribution in [1.29, 1.82) is 0 Å². The molecule has 0 aliphatic carbocycles. The molecule has 0 aliphatic rings. The first-order valence-electron chi connectivity index (χ1n) is 6.40. The molecule has 0 heterocycles. The second-order valence-corrected chi connectivity index (χ2v) is 4.69. The van der Waals surface area contributed by atoms with Gasteiger partial charge in [0.05, 0.1) is 5.69 Å². The second kappa shape index (κ2) is 6.32. The van der Waals surface area contributed by atoms with Gasteiger partial charge in [-0.25, -0.2) is 8.78 Å². The van der Waals surface area contributed by atoms with Crippen LogP contribution in [0.5, 0.6) is 0 Å². The molecule has 0 aromatic heterocycles. The summed E-state index contributed by atoms with van der Waals surface area (Å²) in [6.07, 6.45) is 1.82. The summed E-state index contributed by atoms with van der Waals surface area (Å²) < 4.78 is 26.3. The third kappa shape index (κ3) is 4.05. The molecule has 0 fully saturated rings. The average Bonchev–Trinajstić information content (AvgIpc) is 2.41. The first-order valence-corrected chi connectivity index (χ1v) is 6.40. The van der Waals surface area contributed by atoms with Gasteiger partial charge in [-0.1, -0.05) is 30.3 Å². The first-order chi connectivity index (χ1) is 9.15. The Kier molecular flexibility index (Phi) is 4.50. The van der Waals surface area contributed by atoms with Crippen molar-refractivity contribution >= 4 is 5.69 Å². The Morgan fingerprint density at radius 3 is 2.47 bits per heavy atom. The number of hydrogen-bond donors (Lipinski definition) is 1. The monoisotopic (exact) mass is 261 g/mol. The third-order valence-corrected chi connectivity index (χ3v) is 3.04. The van der Waals surface area contributed by atoms with Crippen molar-refractivity contribution in [2.45, 2.75) is 25.8 Å². The fraction of sp³-hybridized carbons (Fsp3) is 0.250. The number of aryl methyl sites for hydroxylation is 1. The molecule has 1 atom stereocenters. The Balaban J connectivity index is 1.89. The first kappa shape index (κ1) is 13.5. The Morgan fingerprint density at radius 2 is 1.79 bits per heavy atom. The lowest BCUT2D eigenvalue weighted by molar-refractivity contribution is 0.582. The predicted molar refractivity (Wildman–Crippen MR) is 74.2 cm³/mol. The van der Waals surface area contributed by atoms with Crippen molar-refractivity contribution < 1.29 is 8.78 Å². The molecule has 0 spiro atoms. The number of hydrogen-bond acceptors (Lipinski definition) is 1. The lowest BCUT2D eigenvalue weighted by Gasteiger charge is -2.15. The normalized spacial score (nSPS) is 12.2. The van der Waals surface area contributed by atoms with Crippen molar-refractivity contribution in [3.05, 3.63) is 65.7 Å².